The lowest BCUT2D eigenvalue weighted by Crippen LogP contribution is -2.08. The standard InChI is InChI=1S/C14H20O2/c1-2-16-9-5-7-12-10-11-6-3-4-8-13(11)14(12)15/h3-4,6,8,12,14-15H,2,5,7,9-10H2,1H3. The van der Waals surface area contributed by atoms with E-state index in [1.807, 2.05) is 25.1 Å². The van der Waals surface area contributed by atoms with Gasteiger partial charge in [0.2, 0.25) is 0 Å². The Morgan fingerprint density at radius 3 is 2.94 bits per heavy atom. The van der Waals surface area contributed by atoms with Crippen LogP contribution in [0.4, 0.5) is 0 Å². The molecular weight excluding hydrogens is 200 g/mol. The minimum Gasteiger partial charge on any atom is -0.388 e. The van der Waals surface area contributed by atoms with E-state index in [9.17, 15) is 5.11 Å². The van der Waals surface area contributed by atoms with Gasteiger partial charge in [0, 0.05) is 13.2 Å². The van der Waals surface area contributed by atoms with Crippen molar-refractivity contribution in [3.8, 4) is 0 Å². The molecule has 1 aliphatic carbocycles. The van der Waals surface area contributed by atoms with Gasteiger partial charge < -0.3 is 9.84 Å². The highest BCUT2D eigenvalue weighted by Crippen LogP contribution is 2.38. The zero-order chi connectivity index (χ0) is 11.4. The third-order valence-electron chi connectivity index (χ3n) is 3.37. The summed E-state index contributed by atoms with van der Waals surface area (Å²) in [5.74, 6) is 0.387. The summed E-state index contributed by atoms with van der Waals surface area (Å²) in [6.07, 6.45) is 2.85. The van der Waals surface area contributed by atoms with Crippen molar-refractivity contribution in [1.82, 2.24) is 0 Å². The van der Waals surface area contributed by atoms with Crippen LogP contribution in [0.1, 0.15) is 37.0 Å². The quantitative estimate of drug-likeness (QED) is 0.773. The monoisotopic (exact) mass is 220 g/mol. The number of hydrogen-bond acceptors (Lipinski definition) is 2. The average molecular weight is 220 g/mol. The van der Waals surface area contributed by atoms with E-state index in [2.05, 4.69) is 6.07 Å². The summed E-state index contributed by atoms with van der Waals surface area (Å²) in [5, 5.41) is 10.2. The van der Waals surface area contributed by atoms with E-state index in [-0.39, 0.29) is 6.10 Å². The number of fused-ring (bicyclic) bond motifs is 1. The summed E-state index contributed by atoms with van der Waals surface area (Å²) in [6, 6.07) is 8.22. The van der Waals surface area contributed by atoms with Gasteiger partial charge in [0.1, 0.15) is 0 Å². The van der Waals surface area contributed by atoms with Crippen LogP contribution in [0.15, 0.2) is 24.3 Å². The molecule has 2 nitrogen and oxygen atoms in total. The first kappa shape index (κ1) is 11.6. The topological polar surface area (TPSA) is 29.5 Å². The van der Waals surface area contributed by atoms with Crippen molar-refractivity contribution in [2.45, 2.75) is 32.3 Å². The van der Waals surface area contributed by atoms with Crippen LogP contribution in [0.5, 0.6) is 0 Å². The highest BCUT2D eigenvalue weighted by atomic mass is 16.5. The molecule has 0 bridgehead atoms. The molecule has 1 aliphatic rings. The third kappa shape index (κ3) is 2.45. The second-order valence-electron chi connectivity index (χ2n) is 4.45. The number of ether oxygens (including phenoxy) is 1. The Bertz CT molecular complexity index is 335. The maximum atomic E-state index is 10.2. The van der Waals surface area contributed by atoms with Gasteiger partial charge in [-0.1, -0.05) is 24.3 Å². The summed E-state index contributed by atoms with van der Waals surface area (Å²) < 4.78 is 5.32. The molecule has 1 N–H and O–H groups in total. The van der Waals surface area contributed by atoms with Crippen LogP contribution >= 0.6 is 0 Å². The largest absolute Gasteiger partial charge is 0.388 e. The minimum absolute atomic E-state index is 0.266. The van der Waals surface area contributed by atoms with Crippen LogP contribution in [-0.4, -0.2) is 18.3 Å². The first-order chi connectivity index (χ1) is 7.83. The second-order valence-corrected chi connectivity index (χ2v) is 4.45. The van der Waals surface area contributed by atoms with Crippen molar-refractivity contribution >= 4 is 0 Å². The number of rotatable bonds is 5. The highest BCUT2D eigenvalue weighted by Gasteiger charge is 2.29. The molecule has 2 heteroatoms. The molecule has 1 aromatic carbocycles. The Kier molecular flexibility index (Phi) is 3.97. The van der Waals surface area contributed by atoms with E-state index in [4.69, 9.17) is 4.74 Å². The van der Waals surface area contributed by atoms with E-state index >= 15 is 0 Å². The van der Waals surface area contributed by atoms with Gasteiger partial charge >= 0.3 is 0 Å². The summed E-state index contributed by atoms with van der Waals surface area (Å²) in [5.41, 5.74) is 2.44. The molecule has 0 saturated carbocycles. The molecule has 0 aromatic heterocycles. The Morgan fingerprint density at radius 2 is 2.19 bits per heavy atom. The molecule has 0 radical (unpaired) electrons. The van der Waals surface area contributed by atoms with Gasteiger partial charge in [-0.15, -0.1) is 0 Å². The Labute approximate surface area is 97.3 Å². The molecule has 0 spiro atoms. The van der Waals surface area contributed by atoms with Crippen LogP contribution < -0.4 is 0 Å². The van der Waals surface area contributed by atoms with Crippen molar-refractivity contribution in [2.75, 3.05) is 13.2 Å². The van der Waals surface area contributed by atoms with Gasteiger partial charge in [0.25, 0.3) is 0 Å². The van der Waals surface area contributed by atoms with Crippen LogP contribution in [0, 0.1) is 5.92 Å². The zero-order valence-corrected chi connectivity index (χ0v) is 9.86. The SMILES string of the molecule is CCOCCCC1Cc2ccccc2C1O. The molecule has 16 heavy (non-hydrogen) atoms. The highest BCUT2D eigenvalue weighted by molar-refractivity contribution is 5.34. The fourth-order valence-electron chi connectivity index (χ4n) is 2.51. The van der Waals surface area contributed by atoms with E-state index in [1.165, 1.54) is 5.56 Å². The number of aliphatic hydroxyl groups is 1. The van der Waals surface area contributed by atoms with Gasteiger partial charge in [0.15, 0.2) is 0 Å². The van der Waals surface area contributed by atoms with Gasteiger partial charge in [-0.2, -0.15) is 0 Å². The average Bonchev–Trinajstić information content (AvgIpc) is 2.63. The lowest BCUT2D eigenvalue weighted by atomic mass is 9.98. The summed E-state index contributed by atoms with van der Waals surface area (Å²) in [7, 11) is 0. The first-order valence-corrected chi connectivity index (χ1v) is 6.16. The Morgan fingerprint density at radius 1 is 1.38 bits per heavy atom. The molecule has 0 heterocycles. The van der Waals surface area contributed by atoms with Crippen molar-refractivity contribution in [3.05, 3.63) is 35.4 Å². The molecular formula is C14H20O2. The molecule has 1 aromatic rings. The van der Waals surface area contributed by atoms with E-state index in [0.717, 1.165) is 38.0 Å². The lowest BCUT2D eigenvalue weighted by molar-refractivity contribution is 0.0994. The molecule has 0 amide bonds. The number of hydrogen-bond donors (Lipinski definition) is 1. The van der Waals surface area contributed by atoms with E-state index in [0.29, 0.717) is 5.92 Å². The van der Waals surface area contributed by atoms with Crippen molar-refractivity contribution in [1.29, 1.82) is 0 Å². The second kappa shape index (κ2) is 5.46. The molecule has 0 aliphatic heterocycles. The fourth-order valence-corrected chi connectivity index (χ4v) is 2.51. The van der Waals surface area contributed by atoms with Crippen LogP contribution in [0.25, 0.3) is 0 Å². The van der Waals surface area contributed by atoms with Gasteiger partial charge in [-0.05, 0) is 43.2 Å². The van der Waals surface area contributed by atoms with E-state index < -0.39 is 0 Å². The van der Waals surface area contributed by atoms with Crippen LogP contribution in [-0.2, 0) is 11.2 Å². The van der Waals surface area contributed by atoms with Crippen LogP contribution in [0.2, 0.25) is 0 Å². The molecule has 88 valence electrons. The maximum Gasteiger partial charge on any atom is 0.0824 e. The molecule has 2 atom stereocenters. The van der Waals surface area contributed by atoms with E-state index in [1.54, 1.807) is 0 Å². The number of benzene rings is 1. The Hall–Kier alpha value is -0.860. The summed E-state index contributed by atoms with van der Waals surface area (Å²) >= 11 is 0. The summed E-state index contributed by atoms with van der Waals surface area (Å²) in [4.78, 5) is 0. The molecule has 2 unspecified atom stereocenters. The lowest BCUT2D eigenvalue weighted by Gasteiger charge is -2.14. The fraction of sp³-hybridized carbons (Fsp3) is 0.571. The smallest absolute Gasteiger partial charge is 0.0824 e. The van der Waals surface area contributed by atoms with Crippen molar-refractivity contribution < 1.29 is 9.84 Å². The Balaban J connectivity index is 1.87. The normalized spacial score (nSPS) is 23.4. The van der Waals surface area contributed by atoms with Gasteiger partial charge in [-0.25, -0.2) is 0 Å². The first-order valence-electron chi connectivity index (χ1n) is 6.16. The third-order valence-corrected chi connectivity index (χ3v) is 3.37. The van der Waals surface area contributed by atoms with Crippen molar-refractivity contribution in [2.24, 2.45) is 5.92 Å². The van der Waals surface area contributed by atoms with Crippen LogP contribution in [0.3, 0.4) is 0 Å². The predicted molar refractivity (Wildman–Crippen MR) is 64.3 cm³/mol. The molecule has 0 saturated heterocycles. The number of aliphatic hydroxyl groups excluding tert-OH is 1. The maximum absolute atomic E-state index is 10.2. The molecule has 2 rings (SSSR count). The minimum atomic E-state index is -0.266. The molecule has 0 fully saturated rings. The van der Waals surface area contributed by atoms with Crippen molar-refractivity contribution in [3.63, 3.8) is 0 Å². The van der Waals surface area contributed by atoms with Gasteiger partial charge in [0.05, 0.1) is 6.10 Å². The van der Waals surface area contributed by atoms with Gasteiger partial charge in [-0.3, -0.25) is 0 Å². The summed E-state index contributed by atoms with van der Waals surface area (Å²) in [6.45, 7) is 3.61. The zero-order valence-electron chi connectivity index (χ0n) is 9.86. The predicted octanol–water partition coefficient (Wildman–Crippen LogP) is 2.71.